The fourth-order valence-electron chi connectivity index (χ4n) is 1.56. The number of rotatable bonds is 1. The van der Waals surface area contributed by atoms with E-state index in [1.54, 1.807) is 12.3 Å². The molecular weight excluding hydrogens is 166 g/mol. The quantitative estimate of drug-likeness (QED) is 0.648. The Bertz CT molecular complexity index is 303. The van der Waals surface area contributed by atoms with Crippen LogP contribution in [-0.4, -0.2) is 29.3 Å². The molecule has 0 bridgehead atoms. The maximum Gasteiger partial charge on any atom is 0.130 e. The molecule has 4 nitrogen and oxygen atoms in total. The molecule has 3 N–H and O–H groups in total. The number of aliphatic hydroxyl groups excluding tert-OH is 1. The standard InChI is InChI=1S/C9H13N3O/c10-7-1-3-11-9(5-7)12-4-2-8(13)6-12/h1,3,5,8,13H,2,4,6H2,(H2,10,11)/t8-/m0/s1. The number of nitrogens with two attached hydrogens (primary N) is 1. The highest BCUT2D eigenvalue weighted by atomic mass is 16.3. The lowest BCUT2D eigenvalue weighted by Crippen LogP contribution is -2.22. The van der Waals surface area contributed by atoms with Crippen LogP contribution >= 0.6 is 0 Å². The van der Waals surface area contributed by atoms with Gasteiger partial charge in [0.15, 0.2) is 0 Å². The molecule has 1 aromatic rings. The van der Waals surface area contributed by atoms with E-state index in [1.165, 1.54) is 0 Å². The third kappa shape index (κ3) is 1.72. The van der Waals surface area contributed by atoms with Crippen LogP contribution in [0.5, 0.6) is 0 Å². The van der Waals surface area contributed by atoms with Gasteiger partial charge in [-0.25, -0.2) is 4.98 Å². The van der Waals surface area contributed by atoms with Gasteiger partial charge in [-0.3, -0.25) is 0 Å². The highest BCUT2D eigenvalue weighted by molar-refractivity contribution is 5.50. The molecule has 0 aromatic carbocycles. The van der Waals surface area contributed by atoms with E-state index in [2.05, 4.69) is 4.98 Å². The zero-order valence-electron chi connectivity index (χ0n) is 7.35. The highest BCUT2D eigenvalue weighted by Gasteiger charge is 2.20. The number of pyridine rings is 1. The third-order valence-corrected chi connectivity index (χ3v) is 2.26. The van der Waals surface area contributed by atoms with Crippen molar-refractivity contribution in [3.05, 3.63) is 18.3 Å². The number of anilines is 2. The number of aliphatic hydroxyl groups is 1. The average Bonchev–Trinajstić information content (AvgIpc) is 2.52. The van der Waals surface area contributed by atoms with Crippen LogP contribution in [0.1, 0.15) is 6.42 Å². The minimum atomic E-state index is -0.219. The second-order valence-corrected chi connectivity index (χ2v) is 3.34. The molecule has 70 valence electrons. The van der Waals surface area contributed by atoms with Crippen molar-refractivity contribution in [1.82, 2.24) is 4.98 Å². The van der Waals surface area contributed by atoms with E-state index in [4.69, 9.17) is 5.73 Å². The molecule has 1 atom stereocenters. The van der Waals surface area contributed by atoms with Gasteiger partial charge in [-0.2, -0.15) is 0 Å². The molecule has 0 saturated carbocycles. The van der Waals surface area contributed by atoms with Gasteiger partial charge in [-0.15, -0.1) is 0 Å². The first kappa shape index (κ1) is 8.31. The normalized spacial score (nSPS) is 22.2. The maximum atomic E-state index is 9.33. The van der Waals surface area contributed by atoms with Gasteiger partial charge in [-0.1, -0.05) is 0 Å². The first-order valence-electron chi connectivity index (χ1n) is 4.40. The van der Waals surface area contributed by atoms with Crippen LogP contribution in [0.25, 0.3) is 0 Å². The largest absolute Gasteiger partial charge is 0.399 e. The molecule has 2 heterocycles. The van der Waals surface area contributed by atoms with Gasteiger partial charge in [0.1, 0.15) is 5.82 Å². The maximum absolute atomic E-state index is 9.33. The van der Waals surface area contributed by atoms with Gasteiger partial charge >= 0.3 is 0 Å². The van der Waals surface area contributed by atoms with Crippen molar-refractivity contribution in [1.29, 1.82) is 0 Å². The molecule has 1 aliphatic rings. The van der Waals surface area contributed by atoms with Gasteiger partial charge < -0.3 is 15.7 Å². The monoisotopic (exact) mass is 179 g/mol. The predicted octanol–water partition coefficient (Wildman–Crippen LogP) is 0.235. The number of hydrogen-bond donors (Lipinski definition) is 2. The number of β-amino-alcohol motifs (C(OH)–C–C–N with tert-alkyl or cyclic N) is 1. The van der Waals surface area contributed by atoms with E-state index in [-0.39, 0.29) is 6.10 Å². The van der Waals surface area contributed by atoms with Gasteiger partial charge in [0.2, 0.25) is 0 Å². The summed E-state index contributed by atoms with van der Waals surface area (Å²) in [7, 11) is 0. The fraction of sp³-hybridized carbons (Fsp3) is 0.444. The van der Waals surface area contributed by atoms with E-state index in [1.807, 2.05) is 11.0 Å². The van der Waals surface area contributed by atoms with E-state index in [0.717, 1.165) is 18.8 Å². The topological polar surface area (TPSA) is 62.4 Å². The Kier molecular flexibility index (Phi) is 2.06. The molecule has 0 unspecified atom stereocenters. The van der Waals surface area contributed by atoms with Gasteiger partial charge in [0.05, 0.1) is 6.10 Å². The van der Waals surface area contributed by atoms with E-state index in [9.17, 15) is 5.11 Å². The Morgan fingerprint density at radius 2 is 2.46 bits per heavy atom. The molecule has 1 aliphatic heterocycles. The van der Waals surface area contributed by atoms with Gasteiger partial charge in [0, 0.05) is 31.0 Å². The SMILES string of the molecule is Nc1ccnc(N2CC[C@H](O)C2)c1. The number of aromatic nitrogens is 1. The number of nitrogens with zero attached hydrogens (tertiary/aromatic N) is 2. The summed E-state index contributed by atoms with van der Waals surface area (Å²) in [6.07, 6.45) is 2.29. The Balaban J connectivity index is 2.16. The summed E-state index contributed by atoms with van der Waals surface area (Å²) in [5.41, 5.74) is 6.35. The minimum absolute atomic E-state index is 0.219. The lowest BCUT2D eigenvalue weighted by Gasteiger charge is -2.16. The van der Waals surface area contributed by atoms with Gasteiger partial charge in [0.25, 0.3) is 0 Å². The Morgan fingerprint density at radius 1 is 1.62 bits per heavy atom. The Hall–Kier alpha value is -1.29. The molecule has 0 radical (unpaired) electrons. The molecule has 1 aromatic heterocycles. The lowest BCUT2D eigenvalue weighted by molar-refractivity contribution is 0.198. The third-order valence-electron chi connectivity index (χ3n) is 2.26. The summed E-state index contributed by atoms with van der Waals surface area (Å²) in [4.78, 5) is 6.23. The summed E-state index contributed by atoms with van der Waals surface area (Å²) in [5, 5.41) is 9.33. The van der Waals surface area contributed by atoms with Crippen LogP contribution in [0.2, 0.25) is 0 Å². The highest BCUT2D eigenvalue weighted by Crippen LogP contribution is 2.19. The second kappa shape index (κ2) is 3.22. The molecule has 4 heteroatoms. The summed E-state index contributed by atoms with van der Waals surface area (Å²) >= 11 is 0. The van der Waals surface area contributed by atoms with Crippen molar-refractivity contribution >= 4 is 11.5 Å². The van der Waals surface area contributed by atoms with E-state index < -0.39 is 0 Å². The van der Waals surface area contributed by atoms with Crippen LogP contribution < -0.4 is 10.6 Å². The van der Waals surface area contributed by atoms with Crippen LogP contribution in [0.15, 0.2) is 18.3 Å². The summed E-state index contributed by atoms with van der Waals surface area (Å²) in [5.74, 6) is 0.858. The van der Waals surface area contributed by atoms with Crippen molar-refractivity contribution in [2.24, 2.45) is 0 Å². The zero-order chi connectivity index (χ0) is 9.26. The molecule has 2 rings (SSSR count). The Morgan fingerprint density at radius 3 is 3.08 bits per heavy atom. The number of nitrogen functional groups attached to an aromatic ring is 1. The average molecular weight is 179 g/mol. The zero-order valence-corrected chi connectivity index (χ0v) is 7.35. The van der Waals surface area contributed by atoms with Crippen molar-refractivity contribution in [2.45, 2.75) is 12.5 Å². The minimum Gasteiger partial charge on any atom is -0.399 e. The first-order valence-corrected chi connectivity index (χ1v) is 4.40. The molecule has 0 aliphatic carbocycles. The molecule has 1 fully saturated rings. The summed E-state index contributed by atoms with van der Waals surface area (Å²) < 4.78 is 0. The molecule has 13 heavy (non-hydrogen) atoms. The molecule has 0 amide bonds. The van der Waals surface area contributed by atoms with Crippen LogP contribution in [0, 0.1) is 0 Å². The number of hydrogen-bond acceptors (Lipinski definition) is 4. The van der Waals surface area contributed by atoms with Crippen LogP contribution in [0.4, 0.5) is 11.5 Å². The lowest BCUT2D eigenvalue weighted by atomic mass is 10.3. The van der Waals surface area contributed by atoms with Crippen molar-refractivity contribution in [3.8, 4) is 0 Å². The Labute approximate surface area is 77.0 Å². The van der Waals surface area contributed by atoms with E-state index in [0.29, 0.717) is 12.2 Å². The molecular formula is C9H13N3O. The van der Waals surface area contributed by atoms with Crippen molar-refractivity contribution in [2.75, 3.05) is 23.7 Å². The first-order chi connectivity index (χ1) is 6.25. The van der Waals surface area contributed by atoms with Crippen molar-refractivity contribution in [3.63, 3.8) is 0 Å². The summed E-state index contributed by atoms with van der Waals surface area (Å²) in [6, 6.07) is 3.59. The van der Waals surface area contributed by atoms with Crippen LogP contribution in [-0.2, 0) is 0 Å². The van der Waals surface area contributed by atoms with Crippen LogP contribution in [0.3, 0.4) is 0 Å². The second-order valence-electron chi connectivity index (χ2n) is 3.34. The van der Waals surface area contributed by atoms with Gasteiger partial charge in [-0.05, 0) is 12.5 Å². The molecule has 0 spiro atoms. The molecule has 1 saturated heterocycles. The predicted molar refractivity (Wildman–Crippen MR) is 51.5 cm³/mol. The summed E-state index contributed by atoms with van der Waals surface area (Å²) in [6.45, 7) is 1.52. The van der Waals surface area contributed by atoms with Crippen molar-refractivity contribution < 1.29 is 5.11 Å². The smallest absolute Gasteiger partial charge is 0.130 e. The fourth-order valence-corrected chi connectivity index (χ4v) is 1.56. The van der Waals surface area contributed by atoms with E-state index >= 15 is 0 Å².